The normalized spacial score (nSPS) is 12.5. The molecule has 19 heavy (non-hydrogen) atoms. The minimum Gasteiger partial charge on any atom is -0.0622 e. The van der Waals surface area contributed by atoms with Gasteiger partial charge >= 0.3 is 0 Å². The fourth-order valence-corrected chi connectivity index (χ4v) is 2.10. The molecule has 0 amide bonds. The second-order valence-electron chi connectivity index (χ2n) is 5.99. The molecular formula is C19H22. The summed E-state index contributed by atoms with van der Waals surface area (Å²) in [6, 6.07) is 21.3. The molecule has 98 valence electrons. The van der Waals surface area contributed by atoms with Gasteiger partial charge in [0.05, 0.1) is 0 Å². The van der Waals surface area contributed by atoms with Gasteiger partial charge in [-0.3, -0.25) is 0 Å². The Bertz CT molecular complexity index is 527. The van der Waals surface area contributed by atoms with Gasteiger partial charge < -0.3 is 0 Å². The molecule has 0 nitrogen and oxygen atoms in total. The second kappa shape index (κ2) is 5.88. The van der Waals surface area contributed by atoms with Crippen LogP contribution in [0.2, 0.25) is 0 Å². The molecule has 0 heterocycles. The van der Waals surface area contributed by atoms with E-state index in [0.29, 0.717) is 0 Å². The van der Waals surface area contributed by atoms with Crippen LogP contribution in [0.3, 0.4) is 0 Å². The SMILES string of the molecule is CC(C)(C)/C(=C\c1ccccc1)Cc1ccccc1. The molecule has 2 aromatic rings. The molecule has 0 heteroatoms. The number of hydrogen-bond donors (Lipinski definition) is 0. The highest BCUT2D eigenvalue weighted by Crippen LogP contribution is 2.30. The molecule has 2 aromatic carbocycles. The Hall–Kier alpha value is -1.82. The third-order valence-electron chi connectivity index (χ3n) is 3.34. The third-order valence-corrected chi connectivity index (χ3v) is 3.34. The number of allylic oxidation sites excluding steroid dienone is 1. The Morgan fingerprint density at radius 1 is 0.842 bits per heavy atom. The maximum atomic E-state index is 2.33. The van der Waals surface area contributed by atoms with Gasteiger partial charge in [-0.1, -0.05) is 93.1 Å². The van der Waals surface area contributed by atoms with Gasteiger partial charge in [0.1, 0.15) is 0 Å². The zero-order valence-electron chi connectivity index (χ0n) is 12.1. The Balaban J connectivity index is 2.30. The van der Waals surface area contributed by atoms with Crippen molar-refractivity contribution in [2.24, 2.45) is 5.41 Å². The molecule has 0 unspecified atom stereocenters. The topological polar surface area (TPSA) is 0 Å². The minimum absolute atomic E-state index is 0.186. The predicted molar refractivity (Wildman–Crippen MR) is 84.0 cm³/mol. The Morgan fingerprint density at radius 2 is 1.37 bits per heavy atom. The lowest BCUT2D eigenvalue weighted by Crippen LogP contribution is -2.11. The van der Waals surface area contributed by atoms with Gasteiger partial charge in [-0.15, -0.1) is 0 Å². The van der Waals surface area contributed by atoms with Crippen LogP contribution in [0.25, 0.3) is 6.08 Å². The summed E-state index contributed by atoms with van der Waals surface area (Å²) in [7, 11) is 0. The standard InChI is InChI=1S/C19H22/c1-19(2,3)18(14-16-10-6-4-7-11-16)15-17-12-8-5-9-13-17/h4-14H,15H2,1-3H3/b18-14-. The molecule has 0 aliphatic heterocycles. The average molecular weight is 250 g/mol. The Labute approximate surface area is 116 Å². The van der Waals surface area contributed by atoms with Crippen LogP contribution in [-0.4, -0.2) is 0 Å². The first-order valence-corrected chi connectivity index (χ1v) is 6.86. The van der Waals surface area contributed by atoms with Crippen LogP contribution in [0.4, 0.5) is 0 Å². The van der Waals surface area contributed by atoms with E-state index in [4.69, 9.17) is 0 Å². The van der Waals surface area contributed by atoms with Crippen LogP contribution in [-0.2, 0) is 6.42 Å². The first-order chi connectivity index (χ1) is 9.05. The summed E-state index contributed by atoms with van der Waals surface area (Å²) in [5.74, 6) is 0. The van der Waals surface area contributed by atoms with Crippen LogP contribution in [0.15, 0.2) is 66.2 Å². The summed E-state index contributed by atoms with van der Waals surface area (Å²) in [6.07, 6.45) is 3.34. The molecular weight excluding hydrogens is 228 g/mol. The van der Waals surface area contributed by atoms with E-state index in [1.165, 1.54) is 16.7 Å². The highest BCUT2D eigenvalue weighted by molar-refractivity contribution is 5.55. The predicted octanol–water partition coefficient (Wildman–Crippen LogP) is 5.36. The van der Waals surface area contributed by atoms with Gasteiger partial charge in [0.2, 0.25) is 0 Å². The Kier molecular flexibility index (Phi) is 4.21. The lowest BCUT2D eigenvalue weighted by Gasteiger charge is -2.23. The molecule has 0 bridgehead atoms. The molecule has 0 aliphatic rings. The summed E-state index contributed by atoms with van der Waals surface area (Å²) >= 11 is 0. The van der Waals surface area contributed by atoms with Crippen molar-refractivity contribution in [2.45, 2.75) is 27.2 Å². The maximum absolute atomic E-state index is 2.33. The molecule has 0 spiro atoms. The molecule has 0 aromatic heterocycles. The molecule has 0 fully saturated rings. The molecule has 0 saturated carbocycles. The molecule has 0 atom stereocenters. The van der Waals surface area contributed by atoms with Crippen LogP contribution in [0.5, 0.6) is 0 Å². The van der Waals surface area contributed by atoms with E-state index in [0.717, 1.165) is 6.42 Å². The van der Waals surface area contributed by atoms with Crippen molar-refractivity contribution >= 4 is 6.08 Å². The molecule has 0 radical (unpaired) electrons. The first-order valence-electron chi connectivity index (χ1n) is 6.86. The van der Waals surface area contributed by atoms with Crippen molar-refractivity contribution in [3.63, 3.8) is 0 Å². The highest BCUT2D eigenvalue weighted by atomic mass is 14.2. The Morgan fingerprint density at radius 3 is 1.89 bits per heavy atom. The largest absolute Gasteiger partial charge is 0.0622 e. The van der Waals surface area contributed by atoms with Gasteiger partial charge in [-0.25, -0.2) is 0 Å². The maximum Gasteiger partial charge on any atom is -0.00585 e. The van der Waals surface area contributed by atoms with Crippen LogP contribution in [0.1, 0.15) is 31.9 Å². The van der Waals surface area contributed by atoms with E-state index in [9.17, 15) is 0 Å². The number of rotatable bonds is 3. The van der Waals surface area contributed by atoms with Crippen LogP contribution >= 0.6 is 0 Å². The highest BCUT2D eigenvalue weighted by Gasteiger charge is 2.17. The van der Waals surface area contributed by atoms with Crippen molar-refractivity contribution in [3.8, 4) is 0 Å². The average Bonchev–Trinajstić information content (AvgIpc) is 2.39. The van der Waals surface area contributed by atoms with Crippen molar-refractivity contribution < 1.29 is 0 Å². The zero-order valence-corrected chi connectivity index (χ0v) is 12.1. The lowest BCUT2D eigenvalue weighted by atomic mass is 9.81. The second-order valence-corrected chi connectivity index (χ2v) is 5.99. The van der Waals surface area contributed by atoms with Gasteiger partial charge in [0, 0.05) is 0 Å². The van der Waals surface area contributed by atoms with Crippen LogP contribution < -0.4 is 0 Å². The monoisotopic (exact) mass is 250 g/mol. The summed E-state index contributed by atoms with van der Waals surface area (Å²) in [6.45, 7) is 6.85. The van der Waals surface area contributed by atoms with E-state index < -0.39 is 0 Å². The number of hydrogen-bond acceptors (Lipinski definition) is 0. The molecule has 0 saturated heterocycles. The van der Waals surface area contributed by atoms with Crippen LogP contribution in [0, 0.1) is 5.41 Å². The fourth-order valence-electron chi connectivity index (χ4n) is 2.10. The summed E-state index contributed by atoms with van der Waals surface area (Å²) < 4.78 is 0. The zero-order chi connectivity index (χ0) is 13.7. The van der Waals surface area contributed by atoms with E-state index in [-0.39, 0.29) is 5.41 Å². The quantitative estimate of drug-likeness (QED) is 0.688. The third kappa shape index (κ3) is 4.10. The minimum atomic E-state index is 0.186. The van der Waals surface area contributed by atoms with Crippen molar-refractivity contribution in [1.29, 1.82) is 0 Å². The van der Waals surface area contributed by atoms with E-state index >= 15 is 0 Å². The van der Waals surface area contributed by atoms with Crippen molar-refractivity contribution in [1.82, 2.24) is 0 Å². The van der Waals surface area contributed by atoms with Gasteiger partial charge in [0.25, 0.3) is 0 Å². The van der Waals surface area contributed by atoms with Crippen molar-refractivity contribution in [2.75, 3.05) is 0 Å². The van der Waals surface area contributed by atoms with E-state index in [1.54, 1.807) is 0 Å². The fraction of sp³-hybridized carbons (Fsp3) is 0.263. The number of benzene rings is 2. The lowest BCUT2D eigenvalue weighted by molar-refractivity contribution is 0.495. The smallest absolute Gasteiger partial charge is 0.00585 e. The summed E-state index contributed by atoms with van der Waals surface area (Å²) in [5.41, 5.74) is 4.30. The van der Waals surface area contributed by atoms with E-state index in [2.05, 4.69) is 87.5 Å². The molecule has 0 aliphatic carbocycles. The molecule has 0 N–H and O–H groups in total. The molecule has 2 rings (SSSR count). The van der Waals surface area contributed by atoms with Crippen molar-refractivity contribution in [3.05, 3.63) is 77.4 Å². The van der Waals surface area contributed by atoms with E-state index in [1.807, 2.05) is 0 Å². The summed E-state index contributed by atoms with van der Waals surface area (Å²) in [4.78, 5) is 0. The van der Waals surface area contributed by atoms with Gasteiger partial charge in [-0.2, -0.15) is 0 Å². The van der Waals surface area contributed by atoms with Gasteiger partial charge in [0.15, 0.2) is 0 Å². The first kappa shape index (κ1) is 13.6. The van der Waals surface area contributed by atoms with Gasteiger partial charge in [-0.05, 0) is 23.0 Å². The summed E-state index contributed by atoms with van der Waals surface area (Å²) in [5, 5.41) is 0.